The van der Waals surface area contributed by atoms with E-state index in [1.54, 1.807) is 23.1 Å². The molecule has 0 aliphatic carbocycles. The fourth-order valence-corrected chi connectivity index (χ4v) is 4.68. The number of aromatic nitrogens is 2. The van der Waals surface area contributed by atoms with E-state index >= 15 is 0 Å². The Bertz CT molecular complexity index is 1150. The molecule has 2 aromatic carbocycles. The van der Waals surface area contributed by atoms with Crippen molar-refractivity contribution < 1.29 is 14.3 Å². The van der Waals surface area contributed by atoms with Gasteiger partial charge in [0, 0.05) is 29.7 Å². The van der Waals surface area contributed by atoms with E-state index in [0.717, 1.165) is 23.4 Å². The summed E-state index contributed by atoms with van der Waals surface area (Å²) in [4.78, 5) is 27.2. The molecule has 0 saturated carbocycles. The van der Waals surface area contributed by atoms with Gasteiger partial charge in [0.1, 0.15) is 10.8 Å². The summed E-state index contributed by atoms with van der Waals surface area (Å²) in [7, 11) is 1.54. The van der Waals surface area contributed by atoms with Crippen LogP contribution in [0.1, 0.15) is 39.1 Å². The third-order valence-electron chi connectivity index (χ3n) is 5.41. The van der Waals surface area contributed by atoms with Gasteiger partial charge >= 0.3 is 6.03 Å². The van der Waals surface area contributed by atoms with E-state index < -0.39 is 0 Å². The van der Waals surface area contributed by atoms with Crippen molar-refractivity contribution >= 4 is 46.3 Å². The number of methoxy groups -OCH3 is 1. The molecule has 0 radical (unpaired) electrons. The maximum Gasteiger partial charge on any atom is 0.321 e. The van der Waals surface area contributed by atoms with Gasteiger partial charge in [0.25, 0.3) is 5.91 Å². The molecule has 1 aliphatic heterocycles. The van der Waals surface area contributed by atoms with Gasteiger partial charge in [-0.25, -0.2) is 4.79 Å². The average molecular weight is 486 g/mol. The Morgan fingerprint density at radius 2 is 1.94 bits per heavy atom. The Hall–Kier alpha value is -3.17. The van der Waals surface area contributed by atoms with Gasteiger partial charge < -0.3 is 20.3 Å². The number of amides is 3. The van der Waals surface area contributed by atoms with Gasteiger partial charge in [-0.1, -0.05) is 40.6 Å². The number of carbonyl (C=O) groups excluding carboxylic acids is 2. The van der Waals surface area contributed by atoms with Crippen LogP contribution in [0.4, 0.5) is 16.2 Å². The monoisotopic (exact) mass is 485 g/mol. The van der Waals surface area contributed by atoms with Crippen LogP contribution in [0.3, 0.4) is 0 Å². The van der Waals surface area contributed by atoms with Crippen molar-refractivity contribution in [3.8, 4) is 5.75 Å². The summed E-state index contributed by atoms with van der Waals surface area (Å²) in [6.45, 7) is 3.11. The first-order valence-corrected chi connectivity index (χ1v) is 11.7. The largest absolute Gasteiger partial charge is 0.495 e. The van der Waals surface area contributed by atoms with Crippen LogP contribution in [0.15, 0.2) is 42.5 Å². The van der Waals surface area contributed by atoms with E-state index in [9.17, 15) is 9.59 Å². The number of carbonyl (C=O) groups is 2. The molecular weight excluding hydrogens is 462 g/mol. The highest BCUT2D eigenvalue weighted by molar-refractivity contribution is 7.13. The number of hydrogen-bond acceptors (Lipinski definition) is 6. The fraction of sp³-hybridized carbons (Fsp3) is 0.304. The smallest absolute Gasteiger partial charge is 0.321 e. The molecule has 1 aliphatic rings. The summed E-state index contributed by atoms with van der Waals surface area (Å²) in [6, 6.07) is 12.4. The SMILES string of the molecule is COc1ccc(Cl)cc1NC(=O)N1CCC[C@@H](c2nnc(C(=O)Nc3ccc(C)cc3)s2)C1. The minimum absolute atomic E-state index is 0.0178. The molecule has 1 fully saturated rings. The molecule has 2 N–H and O–H groups in total. The number of likely N-dealkylation sites (tertiary alicyclic amines) is 1. The van der Waals surface area contributed by atoms with Crippen LogP contribution in [0.25, 0.3) is 0 Å². The lowest BCUT2D eigenvalue weighted by Crippen LogP contribution is -2.41. The third kappa shape index (κ3) is 5.61. The molecule has 10 heteroatoms. The summed E-state index contributed by atoms with van der Waals surface area (Å²) in [5.74, 6) is 0.264. The number of rotatable bonds is 5. The lowest BCUT2D eigenvalue weighted by Gasteiger charge is -2.31. The van der Waals surface area contributed by atoms with Gasteiger partial charge in [-0.15, -0.1) is 10.2 Å². The fourth-order valence-electron chi connectivity index (χ4n) is 3.65. The molecule has 1 saturated heterocycles. The van der Waals surface area contributed by atoms with Crippen molar-refractivity contribution in [1.29, 1.82) is 0 Å². The summed E-state index contributed by atoms with van der Waals surface area (Å²) in [6.07, 6.45) is 1.70. The van der Waals surface area contributed by atoms with Crippen LogP contribution in [0, 0.1) is 6.92 Å². The van der Waals surface area contributed by atoms with Gasteiger partial charge in [-0.3, -0.25) is 4.79 Å². The number of piperidine rings is 1. The van der Waals surface area contributed by atoms with Gasteiger partial charge in [0.2, 0.25) is 5.01 Å². The molecule has 1 atom stereocenters. The van der Waals surface area contributed by atoms with Gasteiger partial charge in [-0.2, -0.15) is 0 Å². The molecule has 0 spiro atoms. The first-order chi connectivity index (χ1) is 15.9. The Kier molecular flexibility index (Phi) is 7.10. The second kappa shape index (κ2) is 10.2. The number of urea groups is 1. The predicted molar refractivity (Wildman–Crippen MR) is 130 cm³/mol. The van der Waals surface area contributed by atoms with Crippen LogP contribution < -0.4 is 15.4 Å². The maximum absolute atomic E-state index is 12.9. The first kappa shape index (κ1) is 23.0. The quantitative estimate of drug-likeness (QED) is 0.519. The molecule has 1 aromatic heterocycles. The molecular formula is C23H24ClN5O3S. The van der Waals surface area contributed by atoms with Crippen LogP contribution in [0.5, 0.6) is 5.75 Å². The number of hydrogen-bond donors (Lipinski definition) is 2. The van der Waals surface area contributed by atoms with Crippen molar-refractivity contribution in [3.05, 3.63) is 63.1 Å². The van der Waals surface area contributed by atoms with Crippen molar-refractivity contribution in [3.63, 3.8) is 0 Å². The Balaban J connectivity index is 1.40. The number of nitrogens with zero attached hydrogens (tertiary/aromatic N) is 3. The van der Waals surface area contributed by atoms with Crippen molar-refractivity contribution in [2.24, 2.45) is 0 Å². The molecule has 33 heavy (non-hydrogen) atoms. The number of nitrogens with one attached hydrogen (secondary N) is 2. The molecule has 4 rings (SSSR count). The zero-order valence-electron chi connectivity index (χ0n) is 18.3. The Morgan fingerprint density at radius 1 is 1.15 bits per heavy atom. The molecule has 3 aromatic rings. The summed E-state index contributed by atoms with van der Waals surface area (Å²) < 4.78 is 5.31. The highest BCUT2D eigenvalue weighted by atomic mass is 35.5. The van der Waals surface area contributed by atoms with Gasteiger partial charge in [0.15, 0.2) is 0 Å². The number of benzene rings is 2. The molecule has 2 heterocycles. The predicted octanol–water partition coefficient (Wildman–Crippen LogP) is 5.17. The number of ether oxygens (including phenoxy) is 1. The Labute approximate surface area is 200 Å². The third-order valence-corrected chi connectivity index (χ3v) is 6.72. The summed E-state index contributed by atoms with van der Waals surface area (Å²) in [5, 5.41) is 15.6. The Morgan fingerprint density at radius 3 is 2.70 bits per heavy atom. The van der Waals surface area contributed by atoms with E-state index in [4.69, 9.17) is 16.3 Å². The number of anilines is 2. The lowest BCUT2D eigenvalue weighted by molar-refractivity contribution is 0.102. The second-order valence-corrected chi connectivity index (χ2v) is 9.27. The van der Waals surface area contributed by atoms with Crippen LogP contribution in [-0.2, 0) is 0 Å². The highest BCUT2D eigenvalue weighted by Gasteiger charge is 2.28. The van der Waals surface area contributed by atoms with E-state index in [1.807, 2.05) is 31.2 Å². The van der Waals surface area contributed by atoms with Crippen LogP contribution >= 0.6 is 22.9 Å². The average Bonchev–Trinajstić information content (AvgIpc) is 3.31. The van der Waals surface area contributed by atoms with Crippen molar-refractivity contribution in [2.45, 2.75) is 25.7 Å². The number of halogens is 1. The van der Waals surface area contributed by atoms with Crippen LogP contribution in [0.2, 0.25) is 5.02 Å². The van der Waals surface area contributed by atoms with E-state index in [1.165, 1.54) is 18.4 Å². The first-order valence-electron chi connectivity index (χ1n) is 10.5. The lowest BCUT2D eigenvalue weighted by atomic mass is 9.99. The minimum atomic E-state index is -0.291. The zero-order chi connectivity index (χ0) is 23.4. The molecule has 8 nitrogen and oxygen atoms in total. The standard InChI is InChI=1S/C23H24ClN5O3S/c1-14-5-8-17(9-6-14)25-20(30)22-28-27-21(33-22)15-4-3-11-29(13-15)23(31)26-18-12-16(24)7-10-19(18)32-2/h5-10,12,15H,3-4,11,13H2,1-2H3,(H,25,30)(H,26,31)/t15-/m1/s1. The molecule has 0 unspecified atom stereocenters. The normalized spacial score (nSPS) is 15.7. The van der Waals surface area contributed by atoms with E-state index in [0.29, 0.717) is 40.2 Å². The van der Waals surface area contributed by atoms with Crippen LogP contribution in [-0.4, -0.2) is 47.2 Å². The second-order valence-electron chi connectivity index (χ2n) is 7.83. The van der Waals surface area contributed by atoms with Gasteiger partial charge in [0.05, 0.1) is 12.8 Å². The maximum atomic E-state index is 12.9. The molecule has 3 amide bonds. The minimum Gasteiger partial charge on any atom is -0.495 e. The van der Waals surface area contributed by atoms with E-state index in [2.05, 4.69) is 20.8 Å². The topological polar surface area (TPSA) is 96.4 Å². The van der Waals surface area contributed by atoms with E-state index in [-0.39, 0.29) is 17.9 Å². The summed E-state index contributed by atoms with van der Waals surface area (Å²) >= 11 is 7.33. The van der Waals surface area contributed by atoms with Crippen molar-refractivity contribution in [1.82, 2.24) is 15.1 Å². The van der Waals surface area contributed by atoms with Gasteiger partial charge in [-0.05, 0) is 50.1 Å². The molecule has 172 valence electrons. The highest BCUT2D eigenvalue weighted by Crippen LogP contribution is 2.31. The zero-order valence-corrected chi connectivity index (χ0v) is 19.9. The number of aryl methyl sites for hydroxylation is 1. The summed E-state index contributed by atoms with van der Waals surface area (Å²) in [5.41, 5.74) is 2.34. The van der Waals surface area contributed by atoms with Crippen molar-refractivity contribution in [2.75, 3.05) is 30.8 Å². The molecule has 0 bridgehead atoms.